The fraction of sp³-hybridized carbons (Fsp3) is 0.600. The van der Waals surface area contributed by atoms with Crippen molar-refractivity contribution in [1.29, 1.82) is 0 Å². The van der Waals surface area contributed by atoms with E-state index in [1.807, 2.05) is 20.9 Å². The van der Waals surface area contributed by atoms with Gasteiger partial charge in [0.2, 0.25) is 10.0 Å². The van der Waals surface area contributed by atoms with Gasteiger partial charge >= 0.3 is 0 Å². The SMILES string of the molecule is CCCCNS(=O)(=O)c1ccc(OCCC)c(CNC)c1. The van der Waals surface area contributed by atoms with Crippen molar-refractivity contribution < 1.29 is 13.2 Å². The van der Waals surface area contributed by atoms with Gasteiger partial charge in [-0.3, -0.25) is 0 Å². The summed E-state index contributed by atoms with van der Waals surface area (Å²) >= 11 is 0. The second kappa shape index (κ2) is 9.02. The number of unbranched alkanes of at least 4 members (excludes halogenated alkanes) is 1. The second-order valence-electron chi connectivity index (χ2n) is 4.90. The molecule has 0 aliphatic heterocycles. The average molecular weight is 314 g/mol. The van der Waals surface area contributed by atoms with E-state index in [0.29, 0.717) is 19.7 Å². The van der Waals surface area contributed by atoms with Crippen LogP contribution in [0.3, 0.4) is 0 Å². The summed E-state index contributed by atoms with van der Waals surface area (Å²) in [5, 5.41) is 3.04. The molecule has 0 aliphatic carbocycles. The minimum atomic E-state index is -3.44. The number of nitrogens with one attached hydrogen (secondary N) is 2. The Bertz CT molecular complexity index is 530. The van der Waals surface area contributed by atoms with Gasteiger partial charge in [0.1, 0.15) is 5.75 Å². The quantitative estimate of drug-likeness (QED) is 0.650. The van der Waals surface area contributed by atoms with Gasteiger partial charge in [0.05, 0.1) is 11.5 Å². The largest absolute Gasteiger partial charge is 0.493 e. The maximum Gasteiger partial charge on any atom is 0.240 e. The third-order valence-electron chi connectivity index (χ3n) is 2.99. The van der Waals surface area contributed by atoms with Gasteiger partial charge in [0, 0.05) is 18.7 Å². The highest BCUT2D eigenvalue weighted by Gasteiger charge is 2.15. The van der Waals surface area contributed by atoms with Gasteiger partial charge in [-0.25, -0.2) is 13.1 Å². The van der Waals surface area contributed by atoms with Gasteiger partial charge in [0.15, 0.2) is 0 Å². The standard InChI is InChI=1S/C15H26N2O3S/c1-4-6-9-17-21(18,19)14-7-8-15(20-10-5-2)13(11-14)12-16-3/h7-8,11,16-17H,4-6,9-10,12H2,1-3H3. The molecule has 21 heavy (non-hydrogen) atoms. The Morgan fingerprint density at radius 2 is 1.95 bits per heavy atom. The minimum absolute atomic E-state index is 0.285. The zero-order chi connectivity index (χ0) is 15.7. The smallest absolute Gasteiger partial charge is 0.240 e. The highest BCUT2D eigenvalue weighted by atomic mass is 32.2. The van der Waals surface area contributed by atoms with E-state index in [2.05, 4.69) is 10.0 Å². The van der Waals surface area contributed by atoms with Crippen LogP contribution in [-0.2, 0) is 16.6 Å². The van der Waals surface area contributed by atoms with Crippen LogP contribution in [0, 0.1) is 0 Å². The van der Waals surface area contributed by atoms with Crippen LogP contribution in [0.15, 0.2) is 23.1 Å². The maximum absolute atomic E-state index is 12.2. The van der Waals surface area contributed by atoms with E-state index in [0.717, 1.165) is 30.6 Å². The van der Waals surface area contributed by atoms with Gasteiger partial charge in [0.25, 0.3) is 0 Å². The molecule has 0 fully saturated rings. The van der Waals surface area contributed by atoms with E-state index in [-0.39, 0.29) is 4.90 Å². The predicted octanol–water partition coefficient (Wildman–Crippen LogP) is 2.27. The number of hydrogen-bond donors (Lipinski definition) is 2. The molecular weight excluding hydrogens is 288 g/mol. The van der Waals surface area contributed by atoms with Gasteiger partial charge in [-0.1, -0.05) is 20.3 Å². The molecule has 1 rings (SSSR count). The van der Waals surface area contributed by atoms with Crippen LogP contribution < -0.4 is 14.8 Å². The van der Waals surface area contributed by atoms with Crippen LogP contribution in [0.4, 0.5) is 0 Å². The van der Waals surface area contributed by atoms with Crippen molar-refractivity contribution in [1.82, 2.24) is 10.0 Å². The molecule has 0 unspecified atom stereocenters. The highest BCUT2D eigenvalue weighted by molar-refractivity contribution is 7.89. The van der Waals surface area contributed by atoms with E-state index in [4.69, 9.17) is 4.74 Å². The molecule has 0 aromatic heterocycles. The van der Waals surface area contributed by atoms with Gasteiger partial charge in [-0.2, -0.15) is 0 Å². The number of sulfonamides is 1. The van der Waals surface area contributed by atoms with E-state index in [1.54, 1.807) is 18.2 Å². The summed E-state index contributed by atoms with van der Waals surface area (Å²) in [6, 6.07) is 5.00. The topological polar surface area (TPSA) is 67.4 Å². The van der Waals surface area contributed by atoms with E-state index in [9.17, 15) is 8.42 Å². The van der Waals surface area contributed by atoms with Crippen molar-refractivity contribution in [3.05, 3.63) is 23.8 Å². The first-order valence-electron chi connectivity index (χ1n) is 7.45. The van der Waals surface area contributed by atoms with Crippen molar-refractivity contribution in [2.24, 2.45) is 0 Å². The number of hydrogen-bond acceptors (Lipinski definition) is 4. The van der Waals surface area contributed by atoms with E-state index >= 15 is 0 Å². The molecule has 0 saturated carbocycles. The Kier molecular flexibility index (Phi) is 7.71. The lowest BCUT2D eigenvalue weighted by molar-refractivity contribution is 0.313. The molecule has 0 atom stereocenters. The fourth-order valence-electron chi connectivity index (χ4n) is 1.87. The molecule has 5 nitrogen and oxygen atoms in total. The zero-order valence-electron chi connectivity index (χ0n) is 13.1. The average Bonchev–Trinajstić information content (AvgIpc) is 2.46. The maximum atomic E-state index is 12.2. The Morgan fingerprint density at radius 3 is 2.57 bits per heavy atom. The summed E-state index contributed by atoms with van der Waals surface area (Å²) in [4.78, 5) is 0.285. The van der Waals surface area contributed by atoms with Crippen molar-refractivity contribution >= 4 is 10.0 Å². The molecule has 0 aliphatic rings. The molecule has 0 bridgehead atoms. The van der Waals surface area contributed by atoms with Gasteiger partial charge < -0.3 is 10.1 Å². The second-order valence-corrected chi connectivity index (χ2v) is 6.67. The van der Waals surface area contributed by atoms with E-state index in [1.165, 1.54) is 0 Å². The van der Waals surface area contributed by atoms with Crippen LogP contribution in [0.2, 0.25) is 0 Å². The van der Waals surface area contributed by atoms with Crippen LogP contribution in [0.5, 0.6) is 5.75 Å². The lowest BCUT2D eigenvalue weighted by atomic mass is 10.2. The van der Waals surface area contributed by atoms with Gasteiger partial charge in [-0.15, -0.1) is 0 Å². The van der Waals surface area contributed by atoms with E-state index < -0.39 is 10.0 Å². The molecule has 0 amide bonds. The predicted molar refractivity (Wildman–Crippen MR) is 85.1 cm³/mol. The molecule has 1 aromatic rings. The number of benzene rings is 1. The molecule has 1 aromatic carbocycles. The van der Waals surface area contributed by atoms with Crippen molar-refractivity contribution in [3.63, 3.8) is 0 Å². The zero-order valence-corrected chi connectivity index (χ0v) is 13.9. The van der Waals surface area contributed by atoms with Crippen LogP contribution in [0.1, 0.15) is 38.7 Å². The first kappa shape index (κ1) is 17.9. The molecule has 0 saturated heterocycles. The Morgan fingerprint density at radius 1 is 1.19 bits per heavy atom. The molecule has 0 radical (unpaired) electrons. The molecule has 0 heterocycles. The molecule has 2 N–H and O–H groups in total. The lowest BCUT2D eigenvalue weighted by Gasteiger charge is -2.13. The summed E-state index contributed by atoms with van der Waals surface area (Å²) in [6.45, 7) is 5.72. The van der Waals surface area contributed by atoms with Crippen molar-refractivity contribution in [2.45, 2.75) is 44.6 Å². The van der Waals surface area contributed by atoms with Gasteiger partial charge in [-0.05, 0) is 38.1 Å². The Labute approximate surface area is 128 Å². The minimum Gasteiger partial charge on any atom is -0.493 e. The third kappa shape index (κ3) is 5.65. The molecule has 0 spiro atoms. The third-order valence-corrected chi connectivity index (χ3v) is 4.45. The summed E-state index contributed by atoms with van der Waals surface area (Å²) in [7, 11) is -1.62. The lowest BCUT2D eigenvalue weighted by Crippen LogP contribution is -2.25. The molecular formula is C15H26N2O3S. The Hall–Kier alpha value is -1.11. The highest BCUT2D eigenvalue weighted by Crippen LogP contribution is 2.23. The number of ether oxygens (including phenoxy) is 1. The van der Waals surface area contributed by atoms with Crippen molar-refractivity contribution in [2.75, 3.05) is 20.2 Å². The molecule has 120 valence electrons. The Balaban J connectivity index is 2.95. The summed E-state index contributed by atoms with van der Waals surface area (Å²) < 4.78 is 32.7. The number of rotatable bonds is 10. The summed E-state index contributed by atoms with van der Waals surface area (Å²) in [5.74, 6) is 0.735. The monoisotopic (exact) mass is 314 g/mol. The summed E-state index contributed by atoms with van der Waals surface area (Å²) in [6.07, 6.45) is 2.70. The first-order chi connectivity index (χ1) is 10.0. The van der Waals surface area contributed by atoms with Crippen LogP contribution in [-0.4, -0.2) is 28.6 Å². The van der Waals surface area contributed by atoms with Crippen LogP contribution in [0.25, 0.3) is 0 Å². The first-order valence-corrected chi connectivity index (χ1v) is 8.93. The summed E-state index contributed by atoms with van der Waals surface area (Å²) in [5.41, 5.74) is 0.851. The van der Waals surface area contributed by atoms with Crippen molar-refractivity contribution in [3.8, 4) is 5.75 Å². The van der Waals surface area contributed by atoms with Crippen LogP contribution >= 0.6 is 0 Å². The normalized spacial score (nSPS) is 11.6. The fourth-order valence-corrected chi connectivity index (χ4v) is 3.00. The molecule has 6 heteroatoms.